The number of benzene rings is 1. The zero-order chi connectivity index (χ0) is 16.9. The quantitative estimate of drug-likeness (QED) is 0.762. The first-order valence-electron chi connectivity index (χ1n) is 7.42. The molecule has 1 N–H and O–H groups in total. The number of hydrogen-bond acceptors (Lipinski definition) is 3. The van der Waals surface area contributed by atoms with E-state index in [4.69, 9.17) is 0 Å². The molecule has 3 nitrogen and oxygen atoms in total. The number of piperazine rings is 1. The van der Waals surface area contributed by atoms with E-state index in [1.54, 1.807) is 12.1 Å². The second kappa shape index (κ2) is 9.39. The predicted octanol–water partition coefficient (Wildman–Crippen LogP) is 4.00. The van der Waals surface area contributed by atoms with Crippen LogP contribution in [0.3, 0.4) is 0 Å². The molecule has 1 saturated heterocycles. The zero-order valence-electron chi connectivity index (χ0n) is 12.9. The van der Waals surface area contributed by atoms with Crippen molar-refractivity contribution in [3.8, 4) is 5.75 Å². The number of nitrogens with one attached hydrogen (secondary N) is 1. The highest BCUT2D eigenvalue weighted by Gasteiger charge is 2.32. The summed E-state index contributed by atoms with van der Waals surface area (Å²) in [5.41, 5.74) is 0.374. The molecule has 1 aliphatic heterocycles. The van der Waals surface area contributed by atoms with Crippen LogP contribution in [0.15, 0.2) is 24.3 Å². The van der Waals surface area contributed by atoms with Gasteiger partial charge in [0.1, 0.15) is 5.75 Å². The van der Waals surface area contributed by atoms with Crippen molar-refractivity contribution in [3.05, 3.63) is 29.8 Å². The van der Waals surface area contributed by atoms with E-state index in [0.29, 0.717) is 31.7 Å². The average Bonchev–Trinajstić information content (AvgIpc) is 2.48. The molecule has 0 aromatic heterocycles. The lowest BCUT2D eigenvalue weighted by molar-refractivity contribution is -0.138. The van der Waals surface area contributed by atoms with Crippen molar-refractivity contribution in [2.24, 2.45) is 0 Å². The lowest BCUT2D eigenvalue weighted by atomic mass is 9.98. The fourth-order valence-electron chi connectivity index (χ4n) is 2.79. The summed E-state index contributed by atoms with van der Waals surface area (Å²) in [6.07, 6.45) is -5.44. The highest BCUT2D eigenvalue weighted by molar-refractivity contribution is 5.85. The second-order valence-electron chi connectivity index (χ2n) is 5.37. The van der Waals surface area contributed by atoms with Gasteiger partial charge in [-0.2, -0.15) is 22.0 Å². The molecule has 9 heteroatoms. The monoisotopic (exact) mass is 374 g/mol. The van der Waals surface area contributed by atoms with Crippen LogP contribution in [0.2, 0.25) is 0 Å². The van der Waals surface area contributed by atoms with Crippen LogP contribution in [0.25, 0.3) is 0 Å². The lowest BCUT2D eigenvalue weighted by Crippen LogP contribution is -2.45. The van der Waals surface area contributed by atoms with Crippen molar-refractivity contribution in [2.75, 3.05) is 26.2 Å². The Morgan fingerprint density at radius 1 is 1.12 bits per heavy atom. The molecule has 1 atom stereocenters. The first-order valence-corrected chi connectivity index (χ1v) is 7.42. The standard InChI is InChI=1S/C15H19F5N2O.ClH/c16-14(17)23-13-4-2-1-3-11(13)12(5-6-15(18,19)20)22-9-7-21-8-10-22;/h1-4,12,14,21H,5-10H2;1H/t12-;/m1./s1. The van der Waals surface area contributed by atoms with E-state index in [1.807, 2.05) is 4.90 Å². The summed E-state index contributed by atoms with van der Waals surface area (Å²) in [5.74, 6) is -0.0618. The largest absolute Gasteiger partial charge is 0.434 e. The molecule has 2 rings (SSSR count). The second-order valence-corrected chi connectivity index (χ2v) is 5.37. The van der Waals surface area contributed by atoms with Crippen molar-refractivity contribution in [1.29, 1.82) is 0 Å². The number of halogens is 6. The van der Waals surface area contributed by atoms with Crippen LogP contribution in [-0.4, -0.2) is 43.9 Å². The molecule has 1 heterocycles. The molecular formula is C15H20ClF5N2O. The van der Waals surface area contributed by atoms with Crippen molar-refractivity contribution in [3.63, 3.8) is 0 Å². The summed E-state index contributed by atoms with van der Waals surface area (Å²) in [7, 11) is 0. The van der Waals surface area contributed by atoms with E-state index in [1.165, 1.54) is 12.1 Å². The van der Waals surface area contributed by atoms with Gasteiger partial charge in [0.05, 0.1) is 0 Å². The highest BCUT2D eigenvalue weighted by Crippen LogP contribution is 2.36. The molecule has 0 amide bonds. The number of nitrogens with zero attached hydrogens (tertiary/aromatic N) is 1. The first kappa shape index (κ1) is 20.9. The molecule has 138 valence electrons. The third-order valence-electron chi connectivity index (χ3n) is 3.79. The molecule has 0 radical (unpaired) electrons. The summed E-state index contributed by atoms with van der Waals surface area (Å²) in [6.45, 7) is -0.583. The van der Waals surface area contributed by atoms with Gasteiger partial charge in [-0.25, -0.2) is 0 Å². The van der Waals surface area contributed by atoms with Crippen LogP contribution in [0.4, 0.5) is 22.0 Å². The number of ether oxygens (including phenoxy) is 1. The first-order chi connectivity index (χ1) is 10.9. The molecule has 0 bridgehead atoms. The van der Waals surface area contributed by atoms with Crippen LogP contribution < -0.4 is 10.1 Å². The SMILES string of the molecule is Cl.FC(F)Oc1ccccc1[C@@H](CCC(F)(F)F)N1CCNCC1. The van der Waals surface area contributed by atoms with Crippen LogP contribution >= 0.6 is 12.4 Å². The van der Waals surface area contributed by atoms with Gasteiger partial charge in [-0.15, -0.1) is 12.4 Å². The number of alkyl halides is 5. The van der Waals surface area contributed by atoms with Crippen molar-refractivity contribution in [1.82, 2.24) is 10.2 Å². The maximum atomic E-state index is 12.6. The van der Waals surface area contributed by atoms with Gasteiger partial charge in [0.25, 0.3) is 0 Å². The lowest BCUT2D eigenvalue weighted by Gasteiger charge is -2.36. The summed E-state index contributed by atoms with van der Waals surface area (Å²) in [6, 6.07) is 5.47. The Bertz CT molecular complexity index is 495. The maximum absolute atomic E-state index is 12.6. The third-order valence-corrected chi connectivity index (χ3v) is 3.79. The fraction of sp³-hybridized carbons (Fsp3) is 0.600. The Hall–Kier alpha value is -1.12. The Labute approximate surface area is 143 Å². The summed E-state index contributed by atoms with van der Waals surface area (Å²) < 4.78 is 67.5. The molecule has 1 aromatic rings. The van der Waals surface area contributed by atoms with Crippen LogP contribution in [0, 0.1) is 0 Å². The summed E-state index contributed by atoms with van der Waals surface area (Å²) >= 11 is 0. The average molecular weight is 375 g/mol. The van der Waals surface area contributed by atoms with Crippen LogP contribution in [0.5, 0.6) is 5.75 Å². The highest BCUT2D eigenvalue weighted by atomic mass is 35.5. The number of rotatable bonds is 6. The molecule has 1 aromatic carbocycles. The Kier molecular flexibility index (Phi) is 8.18. The van der Waals surface area contributed by atoms with E-state index >= 15 is 0 Å². The molecule has 0 spiro atoms. The summed E-state index contributed by atoms with van der Waals surface area (Å²) in [4.78, 5) is 1.88. The smallest absolute Gasteiger partial charge is 0.389 e. The molecule has 1 fully saturated rings. The van der Waals surface area contributed by atoms with Crippen molar-refractivity contribution < 1.29 is 26.7 Å². The normalized spacial score (nSPS) is 17.4. The topological polar surface area (TPSA) is 24.5 Å². The number of hydrogen-bond donors (Lipinski definition) is 1. The van der Waals surface area contributed by atoms with E-state index in [0.717, 1.165) is 0 Å². The van der Waals surface area contributed by atoms with Gasteiger partial charge >= 0.3 is 12.8 Å². The molecule has 0 saturated carbocycles. The Morgan fingerprint density at radius 3 is 2.33 bits per heavy atom. The Morgan fingerprint density at radius 2 is 1.75 bits per heavy atom. The minimum absolute atomic E-state index is 0. The van der Waals surface area contributed by atoms with E-state index in [2.05, 4.69) is 10.1 Å². The predicted molar refractivity (Wildman–Crippen MR) is 82.8 cm³/mol. The van der Waals surface area contributed by atoms with Gasteiger partial charge in [-0.1, -0.05) is 18.2 Å². The third kappa shape index (κ3) is 6.41. The zero-order valence-corrected chi connectivity index (χ0v) is 13.7. The minimum Gasteiger partial charge on any atom is -0.434 e. The fourth-order valence-corrected chi connectivity index (χ4v) is 2.79. The number of para-hydroxylation sites is 1. The molecular weight excluding hydrogens is 355 g/mol. The maximum Gasteiger partial charge on any atom is 0.389 e. The van der Waals surface area contributed by atoms with Gasteiger partial charge in [0.15, 0.2) is 0 Å². The van der Waals surface area contributed by atoms with E-state index < -0.39 is 25.3 Å². The minimum atomic E-state index is -4.29. The van der Waals surface area contributed by atoms with Gasteiger partial charge in [-0.3, -0.25) is 4.90 Å². The summed E-state index contributed by atoms with van der Waals surface area (Å²) in [5, 5.41) is 3.13. The molecule has 24 heavy (non-hydrogen) atoms. The van der Waals surface area contributed by atoms with Crippen LogP contribution in [-0.2, 0) is 0 Å². The van der Waals surface area contributed by atoms with Crippen molar-refractivity contribution in [2.45, 2.75) is 31.7 Å². The molecule has 1 aliphatic rings. The van der Waals surface area contributed by atoms with Gasteiger partial charge in [0, 0.05) is 44.2 Å². The van der Waals surface area contributed by atoms with Crippen LogP contribution in [0.1, 0.15) is 24.4 Å². The van der Waals surface area contributed by atoms with Gasteiger partial charge in [-0.05, 0) is 12.5 Å². The Balaban J connectivity index is 0.00000288. The van der Waals surface area contributed by atoms with Crippen molar-refractivity contribution >= 4 is 12.4 Å². The molecule has 0 unspecified atom stereocenters. The van der Waals surface area contributed by atoms with Gasteiger partial charge < -0.3 is 10.1 Å². The van der Waals surface area contributed by atoms with Gasteiger partial charge in [0.2, 0.25) is 0 Å². The van der Waals surface area contributed by atoms with E-state index in [9.17, 15) is 22.0 Å². The molecule has 0 aliphatic carbocycles. The van der Waals surface area contributed by atoms with E-state index in [-0.39, 0.29) is 24.6 Å².